The van der Waals surface area contributed by atoms with E-state index in [9.17, 15) is 53.4 Å². The van der Waals surface area contributed by atoms with Crippen LogP contribution in [0.4, 0.5) is 0 Å². The van der Waals surface area contributed by atoms with Crippen molar-refractivity contribution in [1.82, 2.24) is 42.5 Å². The molecule has 0 aromatic carbocycles. The molecule has 26 nitrogen and oxygen atoms in total. The molecule has 20 N–H and O–H groups in total. The number of aliphatic hydroxyl groups excluding tert-OH is 1. The number of thiol groups is 3. The van der Waals surface area contributed by atoms with Crippen LogP contribution in [0.15, 0.2) is 9.98 Å². The van der Waals surface area contributed by atoms with Gasteiger partial charge in [-0.05, 0) is 63.2 Å². The van der Waals surface area contributed by atoms with Crippen molar-refractivity contribution in [3.63, 3.8) is 0 Å². The molecule has 0 aromatic heterocycles. The molecule has 0 bridgehead atoms. The molecule has 0 unspecified atom stereocenters. The van der Waals surface area contributed by atoms with E-state index in [-0.39, 0.29) is 86.2 Å². The minimum atomic E-state index is -1.70. The first-order chi connectivity index (χ1) is 33.1. The molecule has 0 saturated heterocycles. The lowest BCUT2D eigenvalue weighted by Gasteiger charge is -2.29. The fourth-order valence-electron chi connectivity index (χ4n) is 6.47. The van der Waals surface area contributed by atoms with Crippen LogP contribution in [0.2, 0.25) is 0 Å². The lowest BCUT2D eigenvalue weighted by atomic mass is 10.00. The molecule has 71 heavy (non-hydrogen) atoms. The number of aliphatic hydroxyl groups is 1. The largest absolute Gasteiger partial charge is 0.480 e. The Balaban J connectivity index is 6.33. The lowest BCUT2D eigenvalue weighted by Crippen LogP contribution is -2.62. The van der Waals surface area contributed by atoms with E-state index in [1.54, 1.807) is 41.5 Å². The standard InChI is InChI=1S/C42H79N15O11S3/c1-19(2)14-25(51-36(63)27(16-69)53-32(59)23(43)10-8-12-48-41(44)45)35(62)54-28(17-70)37(64)57-31(22(7)58)39(66)52-26(15-20(3)4)34(61)50-24(11-9-13-49-42(46)47)33(60)56-30(21(5)6)38(65)55-29(18-71)40(67)68/h19-31,58,69-71H,8-18,43H2,1-7H3,(H,50,61)(H,51,63)(H,52,66)(H,53,59)(H,54,62)(H,55,65)(H,56,60)(H,57,64)(H,67,68)(H4,44,45,48)(H4,46,47,49)/t22-,23+,24+,25+,26+,27+,28+,29+,30+,31+/m1/s1. The predicted octanol–water partition coefficient (Wildman–Crippen LogP) is -4.70. The van der Waals surface area contributed by atoms with Gasteiger partial charge >= 0.3 is 5.97 Å². The van der Waals surface area contributed by atoms with Crippen LogP contribution in [0.25, 0.3) is 0 Å². The minimum absolute atomic E-state index is 0.00125. The molecular formula is C42H79N15O11S3. The first-order valence-corrected chi connectivity index (χ1v) is 25.0. The van der Waals surface area contributed by atoms with E-state index < -0.39 is 120 Å². The van der Waals surface area contributed by atoms with Gasteiger partial charge in [0.1, 0.15) is 48.3 Å². The lowest BCUT2D eigenvalue weighted by molar-refractivity contribution is -0.142. The van der Waals surface area contributed by atoms with Crippen molar-refractivity contribution in [1.29, 1.82) is 0 Å². The minimum Gasteiger partial charge on any atom is -0.480 e. The third kappa shape index (κ3) is 26.1. The number of aliphatic imine (C=N–C) groups is 2. The maximum absolute atomic E-state index is 14.0. The number of guanidine groups is 2. The van der Waals surface area contributed by atoms with Gasteiger partial charge in [0.25, 0.3) is 0 Å². The third-order valence-corrected chi connectivity index (χ3v) is 11.4. The number of carbonyl (C=O) groups is 9. The zero-order chi connectivity index (χ0) is 54.7. The van der Waals surface area contributed by atoms with Crippen LogP contribution in [0.5, 0.6) is 0 Å². The second-order valence-electron chi connectivity index (χ2n) is 18.0. The molecule has 0 aliphatic carbocycles. The number of hydrogen-bond acceptors (Lipinski definition) is 16. The first-order valence-electron chi connectivity index (χ1n) is 23.1. The van der Waals surface area contributed by atoms with Gasteiger partial charge in [-0.2, -0.15) is 37.9 Å². The molecule has 8 amide bonds. The zero-order valence-electron chi connectivity index (χ0n) is 41.5. The summed E-state index contributed by atoms with van der Waals surface area (Å²) in [4.78, 5) is 128. The number of nitrogens with one attached hydrogen (secondary N) is 8. The predicted molar refractivity (Wildman–Crippen MR) is 278 cm³/mol. The van der Waals surface area contributed by atoms with Crippen molar-refractivity contribution < 1.29 is 53.4 Å². The van der Waals surface area contributed by atoms with Crippen LogP contribution >= 0.6 is 37.9 Å². The molecule has 29 heteroatoms. The molecule has 0 saturated carbocycles. The highest BCUT2D eigenvalue weighted by atomic mass is 32.1. The molecule has 0 aromatic rings. The van der Waals surface area contributed by atoms with Crippen molar-refractivity contribution in [3.8, 4) is 0 Å². The topological polar surface area (TPSA) is 445 Å². The van der Waals surface area contributed by atoms with Crippen molar-refractivity contribution in [2.24, 2.45) is 56.4 Å². The molecular weight excluding hydrogens is 987 g/mol. The number of amides is 8. The van der Waals surface area contributed by atoms with Crippen LogP contribution in [0, 0.1) is 17.8 Å². The van der Waals surface area contributed by atoms with Crippen molar-refractivity contribution >= 4 is 103 Å². The second-order valence-corrected chi connectivity index (χ2v) is 19.1. The Bertz CT molecular complexity index is 1840. The Morgan fingerprint density at radius 1 is 0.465 bits per heavy atom. The Morgan fingerprint density at radius 2 is 0.803 bits per heavy atom. The number of carboxylic acid groups (broad SMARTS) is 1. The van der Waals surface area contributed by atoms with E-state index in [4.69, 9.17) is 28.7 Å². The van der Waals surface area contributed by atoms with Gasteiger partial charge in [0.15, 0.2) is 11.9 Å². The highest BCUT2D eigenvalue weighted by Gasteiger charge is 2.36. The van der Waals surface area contributed by atoms with Gasteiger partial charge in [-0.15, -0.1) is 0 Å². The number of hydrogen-bond donors (Lipinski definition) is 18. The number of nitrogens with two attached hydrogens (primary N) is 5. The van der Waals surface area contributed by atoms with Gasteiger partial charge in [-0.3, -0.25) is 48.3 Å². The molecule has 0 aliphatic heterocycles. The highest BCUT2D eigenvalue weighted by molar-refractivity contribution is 7.80. The third-order valence-electron chi connectivity index (χ3n) is 10.3. The van der Waals surface area contributed by atoms with Gasteiger partial charge in [-0.1, -0.05) is 41.5 Å². The van der Waals surface area contributed by atoms with E-state index in [1.165, 1.54) is 6.92 Å². The van der Waals surface area contributed by atoms with Gasteiger partial charge < -0.3 is 81.4 Å². The number of carboxylic acids is 1. The van der Waals surface area contributed by atoms with Crippen molar-refractivity contribution in [3.05, 3.63) is 0 Å². The van der Waals surface area contributed by atoms with Crippen LogP contribution in [-0.2, 0) is 43.2 Å². The number of carbonyl (C=O) groups excluding carboxylic acids is 8. The molecule has 0 rings (SSSR count). The molecule has 0 aliphatic rings. The highest BCUT2D eigenvalue weighted by Crippen LogP contribution is 2.12. The Hall–Kier alpha value is -5.26. The second kappa shape index (κ2) is 34.2. The number of nitrogens with zero attached hydrogens (tertiary/aromatic N) is 2. The van der Waals surface area contributed by atoms with Gasteiger partial charge in [0.05, 0.1) is 12.1 Å². The maximum Gasteiger partial charge on any atom is 0.327 e. The van der Waals surface area contributed by atoms with Gasteiger partial charge in [0.2, 0.25) is 47.3 Å². The fourth-order valence-corrected chi connectivity index (χ4v) is 7.23. The molecule has 0 radical (unpaired) electrons. The van der Waals surface area contributed by atoms with Crippen LogP contribution in [-0.4, -0.2) is 166 Å². The summed E-state index contributed by atoms with van der Waals surface area (Å²) in [6.45, 7) is 11.8. The van der Waals surface area contributed by atoms with E-state index in [1.807, 2.05) is 0 Å². The Labute approximate surface area is 431 Å². The summed E-state index contributed by atoms with van der Waals surface area (Å²) in [5.74, 6) is -10.0. The Kier molecular flexibility index (Phi) is 31.6. The molecule has 406 valence electrons. The van der Waals surface area contributed by atoms with Crippen LogP contribution in [0.1, 0.15) is 87.0 Å². The van der Waals surface area contributed by atoms with E-state index >= 15 is 0 Å². The van der Waals surface area contributed by atoms with Gasteiger partial charge in [-0.25, -0.2) is 4.79 Å². The average Bonchev–Trinajstić information content (AvgIpc) is 3.27. The first kappa shape index (κ1) is 65.7. The molecule has 0 heterocycles. The zero-order valence-corrected chi connectivity index (χ0v) is 44.2. The van der Waals surface area contributed by atoms with E-state index in [0.717, 1.165) is 0 Å². The average molecular weight is 1070 g/mol. The SMILES string of the molecule is CC(C)C[C@H](NC(=O)[C@H](CS)NC(=O)[C@@H](N)CCCN=C(N)N)C(=O)N[C@@H](CS)C(=O)N[C@H](C(=O)N[C@@H](CC(C)C)C(=O)N[C@@H](CCCN=C(N)N)C(=O)N[C@H](C(=O)N[C@@H](CS)C(=O)O)C(C)C)[C@@H](C)O. The molecule has 0 fully saturated rings. The Morgan fingerprint density at radius 3 is 1.21 bits per heavy atom. The molecule has 10 atom stereocenters. The van der Waals surface area contributed by atoms with E-state index in [2.05, 4.69) is 90.4 Å². The van der Waals surface area contributed by atoms with Crippen LogP contribution in [0.3, 0.4) is 0 Å². The number of aliphatic carboxylic acids is 1. The normalized spacial score (nSPS) is 15.4. The molecule has 0 spiro atoms. The smallest absolute Gasteiger partial charge is 0.327 e. The van der Waals surface area contributed by atoms with E-state index in [0.29, 0.717) is 6.42 Å². The summed E-state index contributed by atoms with van der Waals surface area (Å²) in [7, 11) is 0. The van der Waals surface area contributed by atoms with Crippen molar-refractivity contribution in [2.45, 2.75) is 147 Å². The summed E-state index contributed by atoms with van der Waals surface area (Å²) in [6.07, 6.45) is -0.797. The summed E-state index contributed by atoms with van der Waals surface area (Å²) >= 11 is 12.4. The fraction of sp³-hybridized carbons (Fsp3) is 0.738. The van der Waals surface area contributed by atoms with Gasteiger partial charge in [0, 0.05) is 30.3 Å². The summed E-state index contributed by atoms with van der Waals surface area (Å²) in [6, 6.07) is -11.9. The maximum atomic E-state index is 14.0. The summed E-state index contributed by atoms with van der Waals surface area (Å²) < 4.78 is 0. The summed E-state index contributed by atoms with van der Waals surface area (Å²) in [5, 5.41) is 40.2. The monoisotopic (exact) mass is 1070 g/mol. The summed E-state index contributed by atoms with van der Waals surface area (Å²) in [5.41, 5.74) is 27.5. The quantitative estimate of drug-likeness (QED) is 0.0125. The number of rotatable bonds is 34. The van der Waals surface area contributed by atoms with Crippen molar-refractivity contribution in [2.75, 3.05) is 30.3 Å². The van der Waals surface area contributed by atoms with Crippen LogP contribution < -0.4 is 71.2 Å².